The van der Waals surface area contributed by atoms with E-state index in [4.69, 9.17) is 10.6 Å². The van der Waals surface area contributed by atoms with E-state index in [0.717, 1.165) is 0 Å². The highest BCUT2D eigenvalue weighted by molar-refractivity contribution is 5.24. The Morgan fingerprint density at radius 3 is 2.31 bits per heavy atom. The summed E-state index contributed by atoms with van der Waals surface area (Å²) in [5.41, 5.74) is 2.31. The van der Waals surface area contributed by atoms with Crippen molar-refractivity contribution in [2.45, 2.75) is 25.5 Å². The Bertz CT molecular complexity index is 323. The second-order valence-electron chi connectivity index (χ2n) is 3.46. The highest BCUT2D eigenvalue weighted by Gasteiger charge is 2.26. The molecule has 0 aliphatic heterocycles. The Labute approximate surface area is 93.6 Å². The zero-order valence-corrected chi connectivity index (χ0v) is 9.34. The van der Waals surface area contributed by atoms with Gasteiger partial charge in [0.25, 0.3) is 0 Å². The Hall–Kier alpha value is -1.04. The lowest BCUT2D eigenvalue weighted by molar-refractivity contribution is 0.0627. The Morgan fingerprint density at radius 1 is 1.38 bits per heavy atom. The molecule has 0 heterocycles. The van der Waals surface area contributed by atoms with Crippen molar-refractivity contribution in [3.63, 3.8) is 0 Å². The molecule has 5 heteroatoms. The predicted octanol–water partition coefficient (Wildman–Crippen LogP) is 1.89. The van der Waals surface area contributed by atoms with Gasteiger partial charge in [-0.05, 0) is 18.6 Å². The molecule has 0 aliphatic carbocycles. The molecule has 1 rings (SSSR count). The van der Waals surface area contributed by atoms with Crippen LogP contribution in [0.4, 0.5) is 8.78 Å². The molecule has 3 nitrogen and oxygen atoms in total. The minimum Gasteiger partial charge on any atom is -0.379 e. The average molecular weight is 230 g/mol. The van der Waals surface area contributed by atoms with E-state index in [1.165, 1.54) is 25.3 Å². The van der Waals surface area contributed by atoms with Crippen LogP contribution in [0.5, 0.6) is 0 Å². The lowest BCUT2D eigenvalue weighted by atomic mass is 9.99. The molecule has 0 radical (unpaired) electrons. The predicted molar refractivity (Wildman–Crippen MR) is 57.5 cm³/mol. The normalized spacial score (nSPS) is 14.8. The standard InChI is InChI=1S/C11H16F2N2O/c1-3-9(16-2)11(15-14)10-7(12)5-4-6-8(10)13/h4-6,9,11,15H,3,14H2,1-2H3. The monoisotopic (exact) mass is 230 g/mol. The minimum atomic E-state index is -0.698. The van der Waals surface area contributed by atoms with Crippen molar-refractivity contribution in [1.82, 2.24) is 5.43 Å². The zero-order valence-electron chi connectivity index (χ0n) is 9.34. The third-order valence-corrected chi connectivity index (χ3v) is 2.57. The van der Waals surface area contributed by atoms with E-state index in [9.17, 15) is 8.78 Å². The first-order chi connectivity index (χ1) is 7.65. The summed E-state index contributed by atoms with van der Waals surface area (Å²) in [7, 11) is 1.48. The van der Waals surface area contributed by atoms with Crippen LogP contribution in [0, 0.1) is 11.6 Å². The number of hydrogen-bond acceptors (Lipinski definition) is 3. The number of methoxy groups -OCH3 is 1. The van der Waals surface area contributed by atoms with Crippen LogP contribution in [-0.4, -0.2) is 13.2 Å². The van der Waals surface area contributed by atoms with Gasteiger partial charge in [0.05, 0.1) is 12.1 Å². The minimum absolute atomic E-state index is 0.0845. The van der Waals surface area contributed by atoms with Gasteiger partial charge in [-0.15, -0.1) is 0 Å². The fraction of sp³-hybridized carbons (Fsp3) is 0.455. The Morgan fingerprint density at radius 2 is 1.94 bits per heavy atom. The fourth-order valence-electron chi connectivity index (χ4n) is 1.72. The van der Waals surface area contributed by atoms with E-state index in [-0.39, 0.29) is 11.7 Å². The molecule has 2 atom stereocenters. The molecule has 0 saturated heterocycles. The van der Waals surface area contributed by atoms with Crippen molar-refractivity contribution < 1.29 is 13.5 Å². The highest BCUT2D eigenvalue weighted by atomic mass is 19.1. The molecule has 2 unspecified atom stereocenters. The van der Waals surface area contributed by atoms with Crippen molar-refractivity contribution in [2.24, 2.45) is 5.84 Å². The van der Waals surface area contributed by atoms with Crippen LogP contribution in [0.15, 0.2) is 18.2 Å². The van der Waals surface area contributed by atoms with Crippen molar-refractivity contribution in [1.29, 1.82) is 0 Å². The first kappa shape index (κ1) is 13.0. The average Bonchev–Trinajstić information content (AvgIpc) is 2.28. The molecule has 0 amide bonds. The molecule has 16 heavy (non-hydrogen) atoms. The van der Waals surface area contributed by atoms with Gasteiger partial charge in [-0.2, -0.15) is 0 Å². The van der Waals surface area contributed by atoms with E-state index in [0.29, 0.717) is 6.42 Å². The first-order valence-corrected chi connectivity index (χ1v) is 5.08. The molecule has 90 valence electrons. The molecule has 0 spiro atoms. The molecular formula is C11H16F2N2O. The molecular weight excluding hydrogens is 214 g/mol. The number of nitrogens with two attached hydrogens (primary N) is 1. The number of ether oxygens (including phenoxy) is 1. The summed E-state index contributed by atoms with van der Waals surface area (Å²) in [5.74, 6) is 4.08. The second kappa shape index (κ2) is 5.89. The molecule has 3 N–H and O–H groups in total. The van der Waals surface area contributed by atoms with Crippen molar-refractivity contribution >= 4 is 0 Å². The first-order valence-electron chi connectivity index (χ1n) is 5.08. The van der Waals surface area contributed by atoms with Crippen molar-refractivity contribution in [3.8, 4) is 0 Å². The highest BCUT2D eigenvalue weighted by Crippen LogP contribution is 2.25. The third-order valence-electron chi connectivity index (χ3n) is 2.57. The van der Waals surface area contributed by atoms with Crippen LogP contribution in [0.2, 0.25) is 0 Å². The van der Waals surface area contributed by atoms with Gasteiger partial charge in [0.1, 0.15) is 11.6 Å². The van der Waals surface area contributed by atoms with Crippen LogP contribution in [0.25, 0.3) is 0 Å². The number of nitrogens with one attached hydrogen (secondary N) is 1. The van der Waals surface area contributed by atoms with Crippen LogP contribution in [0.3, 0.4) is 0 Å². The Kier molecular flexibility index (Phi) is 4.79. The van der Waals surface area contributed by atoms with Crippen molar-refractivity contribution in [3.05, 3.63) is 35.4 Å². The maximum Gasteiger partial charge on any atom is 0.131 e. The molecule has 0 aliphatic rings. The SMILES string of the molecule is CCC(OC)C(NN)c1c(F)cccc1F. The Balaban J connectivity index is 3.12. The van der Waals surface area contributed by atoms with Gasteiger partial charge in [-0.3, -0.25) is 11.3 Å². The van der Waals surface area contributed by atoms with E-state index in [1.807, 2.05) is 6.92 Å². The maximum atomic E-state index is 13.5. The van der Waals surface area contributed by atoms with Gasteiger partial charge in [-0.25, -0.2) is 8.78 Å². The molecule has 0 aromatic heterocycles. The number of rotatable bonds is 5. The summed E-state index contributed by atoms with van der Waals surface area (Å²) >= 11 is 0. The largest absolute Gasteiger partial charge is 0.379 e. The second-order valence-corrected chi connectivity index (χ2v) is 3.46. The fourth-order valence-corrected chi connectivity index (χ4v) is 1.72. The van der Waals surface area contributed by atoms with Gasteiger partial charge in [0, 0.05) is 12.7 Å². The molecule has 1 aromatic rings. The number of hydrogen-bond donors (Lipinski definition) is 2. The summed E-state index contributed by atoms with van der Waals surface area (Å²) in [5, 5.41) is 0. The quantitative estimate of drug-likeness (QED) is 0.600. The van der Waals surface area contributed by atoms with Crippen LogP contribution in [0.1, 0.15) is 24.9 Å². The lowest BCUT2D eigenvalue weighted by Crippen LogP contribution is -2.38. The summed E-state index contributed by atoms with van der Waals surface area (Å²) in [4.78, 5) is 0. The summed E-state index contributed by atoms with van der Waals surface area (Å²) in [6, 6.07) is 3.02. The maximum absolute atomic E-state index is 13.5. The summed E-state index contributed by atoms with van der Waals surface area (Å²) in [6.45, 7) is 1.86. The molecule has 1 aromatic carbocycles. The van der Waals surface area contributed by atoms with Crippen LogP contribution < -0.4 is 11.3 Å². The van der Waals surface area contributed by atoms with Crippen molar-refractivity contribution in [2.75, 3.05) is 7.11 Å². The lowest BCUT2D eigenvalue weighted by Gasteiger charge is -2.25. The van der Waals surface area contributed by atoms with Crippen LogP contribution in [-0.2, 0) is 4.74 Å². The molecule has 0 saturated carbocycles. The number of hydrazine groups is 1. The summed E-state index contributed by atoms with van der Waals surface area (Å²) in [6.07, 6.45) is 0.218. The van der Waals surface area contributed by atoms with Gasteiger partial charge in [0.2, 0.25) is 0 Å². The number of benzene rings is 1. The topological polar surface area (TPSA) is 47.3 Å². The smallest absolute Gasteiger partial charge is 0.131 e. The van der Waals surface area contributed by atoms with Crippen LogP contribution >= 0.6 is 0 Å². The summed E-state index contributed by atoms with van der Waals surface area (Å²) < 4.78 is 32.2. The van der Waals surface area contributed by atoms with E-state index in [2.05, 4.69) is 5.43 Å². The van der Waals surface area contributed by atoms with E-state index in [1.54, 1.807) is 0 Å². The number of halogens is 2. The van der Waals surface area contributed by atoms with E-state index >= 15 is 0 Å². The van der Waals surface area contributed by atoms with Gasteiger partial charge in [-0.1, -0.05) is 13.0 Å². The van der Waals surface area contributed by atoms with Gasteiger partial charge in [0.15, 0.2) is 0 Å². The van der Waals surface area contributed by atoms with Gasteiger partial charge >= 0.3 is 0 Å². The zero-order chi connectivity index (χ0) is 12.1. The molecule has 0 bridgehead atoms. The molecule has 0 fully saturated rings. The van der Waals surface area contributed by atoms with E-state index < -0.39 is 17.7 Å². The third kappa shape index (κ3) is 2.55. The van der Waals surface area contributed by atoms with Gasteiger partial charge < -0.3 is 4.74 Å².